The molecule has 7 nitrogen and oxygen atoms in total. The third-order valence-electron chi connectivity index (χ3n) is 4.41. The molecule has 0 fully saturated rings. The number of halogens is 1. The first-order chi connectivity index (χ1) is 12.9. The number of nitrogens with one attached hydrogen (secondary N) is 2. The van der Waals surface area contributed by atoms with E-state index < -0.39 is 0 Å². The van der Waals surface area contributed by atoms with Gasteiger partial charge in [-0.15, -0.1) is 24.0 Å². The van der Waals surface area contributed by atoms with E-state index in [1.165, 1.54) is 5.56 Å². The molecule has 1 heterocycles. The fourth-order valence-electron chi connectivity index (χ4n) is 2.69. The highest BCUT2D eigenvalue weighted by molar-refractivity contribution is 14.0. The van der Waals surface area contributed by atoms with Gasteiger partial charge in [-0.05, 0) is 37.7 Å². The lowest BCUT2D eigenvalue weighted by Gasteiger charge is -2.26. The standard InChI is InChI=1S/C20H31N5O2.HI/c1-14(2)18-11-17(27-24-18)12-22-20(21-3)23-13-19(25(4)5)15-7-9-16(26-6)10-8-15;/h7-11,14,19H,12-13H2,1-6H3,(H2,21,22,23);1H. The molecule has 0 amide bonds. The molecule has 0 spiro atoms. The van der Waals surface area contributed by atoms with Crippen molar-refractivity contribution >= 4 is 29.9 Å². The van der Waals surface area contributed by atoms with Crippen LogP contribution in [0.15, 0.2) is 39.8 Å². The van der Waals surface area contributed by atoms with Crippen LogP contribution in [0.25, 0.3) is 0 Å². The SMILES string of the molecule is CN=C(NCc1cc(C(C)C)no1)NCC(c1ccc(OC)cc1)N(C)C.I. The molecule has 0 saturated heterocycles. The quantitative estimate of drug-likeness (QED) is 0.328. The third kappa shape index (κ3) is 6.97. The van der Waals surface area contributed by atoms with Crippen LogP contribution in [0.4, 0.5) is 0 Å². The average molecular weight is 501 g/mol. The summed E-state index contributed by atoms with van der Waals surface area (Å²) >= 11 is 0. The van der Waals surface area contributed by atoms with Gasteiger partial charge in [0.1, 0.15) is 5.75 Å². The summed E-state index contributed by atoms with van der Waals surface area (Å²) in [4.78, 5) is 6.47. The number of ether oxygens (including phenoxy) is 1. The van der Waals surface area contributed by atoms with Crippen LogP contribution in [-0.4, -0.2) is 50.8 Å². The Morgan fingerprint density at radius 1 is 1.21 bits per heavy atom. The molecule has 1 unspecified atom stereocenters. The van der Waals surface area contributed by atoms with E-state index in [0.717, 1.165) is 23.2 Å². The summed E-state index contributed by atoms with van der Waals surface area (Å²) in [6.07, 6.45) is 0. The third-order valence-corrected chi connectivity index (χ3v) is 4.41. The second-order valence-corrected chi connectivity index (χ2v) is 6.93. The Kier molecular flexibility index (Phi) is 10.3. The van der Waals surface area contributed by atoms with Gasteiger partial charge in [0.15, 0.2) is 11.7 Å². The summed E-state index contributed by atoms with van der Waals surface area (Å²) in [5.41, 5.74) is 2.17. The lowest BCUT2D eigenvalue weighted by Crippen LogP contribution is -2.41. The fraction of sp³-hybridized carbons (Fsp3) is 0.500. The Labute approximate surface area is 184 Å². The van der Waals surface area contributed by atoms with Crippen LogP contribution in [-0.2, 0) is 6.54 Å². The van der Waals surface area contributed by atoms with Crippen molar-refractivity contribution in [3.05, 3.63) is 47.3 Å². The van der Waals surface area contributed by atoms with Crippen LogP contribution in [0.2, 0.25) is 0 Å². The molecule has 1 aromatic carbocycles. The first-order valence-electron chi connectivity index (χ1n) is 9.15. The van der Waals surface area contributed by atoms with Crippen LogP contribution in [0.1, 0.15) is 42.8 Å². The smallest absolute Gasteiger partial charge is 0.191 e. The molecule has 28 heavy (non-hydrogen) atoms. The Bertz CT molecular complexity index is 728. The predicted molar refractivity (Wildman–Crippen MR) is 124 cm³/mol. The molecule has 156 valence electrons. The van der Waals surface area contributed by atoms with E-state index in [2.05, 4.69) is 65.8 Å². The van der Waals surface area contributed by atoms with E-state index in [9.17, 15) is 0 Å². The Hall–Kier alpha value is -1.81. The molecule has 1 atom stereocenters. The fourth-order valence-corrected chi connectivity index (χ4v) is 2.69. The first kappa shape index (κ1) is 24.2. The lowest BCUT2D eigenvalue weighted by atomic mass is 10.1. The van der Waals surface area contributed by atoms with Crippen LogP contribution >= 0.6 is 24.0 Å². The monoisotopic (exact) mass is 501 g/mol. The topological polar surface area (TPSA) is 74.9 Å². The van der Waals surface area contributed by atoms with Gasteiger partial charge < -0.3 is 24.8 Å². The molecule has 2 aromatic rings. The van der Waals surface area contributed by atoms with Gasteiger partial charge in [0.25, 0.3) is 0 Å². The number of methoxy groups -OCH3 is 1. The molecule has 0 bridgehead atoms. The Balaban J connectivity index is 0.00000392. The van der Waals surface area contributed by atoms with Crippen molar-refractivity contribution in [1.29, 1.82) is 0 Å². The van der Waals surface area contributed by atoms with Crippen molar-refractivity contribution in [2.45, 2.75) is 32.4 Å². The number of aromatic nitrogens is 1. The first-order valence-corrected chi connectivity index (χ1v) is 9.15. The van der Waals surface area contributed by atoms with Crippen LogP contribution in [0.3, 0.4) is 0 Å². The van der Waals surface area contributed by atoms with Gasteiger partial charge in [-0.25, -0.2) is 0 Å². The second-order valence-electron chi connectivity index (χ2n) is 6.93. The van der Waals surface area contributed by atoms with Gasteiger partial charge >= 0.3 is 0 Å². The van der Waals surface area contributed by atoms with E-state index in [1.54, 1.807) is 14.2 Å². The van der Waals surface area contributed by atoms with Crippen LogP contribution in [0.5, 0.6) is 5.75 Å². The molecule has 0 aliphatic heterocycles. The van der Waals surface area contributed by atoms with E-state index in [1.807, 2.05) is 18.2 Å². The van der Waals surface area contributed by atoms with Crippen molar-refractivity contribution in [3.8, 4) is 5.75 Å². The number of aliphatic imine (C=N–C) groups is 1. The van der Waals surface area contributed by atoms with Crippen molar-refractivity contribution in [2.24, 2.45) is 4.99 Å². The van der Waals surface area contributed by atoms with Gasteiger partial charge in [-0.3, -0.25) is 4.99 Å². The highest BCUT2D eigenvalue weighted by Crippen LogP contribution is 2.20. The molecule has 2 N–H and O–H groups in total. The van der Waals surface area contributed by atoms with E-state index in [-0.39, 0.29) is 30.0 Å². The van der Waals surface area contributed by atoms with Gasteiger partial charge in [-0.1, -0.05) is 31.1 Å². The molecule has 1 aromatic heterocycles. The number of rotatable bonds is 8. The minimum absolute atomic E-state index is 0. The van der Waals surface area contributed by atoms with Crippen molar-refractivity contribution in [2.75, 3.05) is 34.8 Å². The predicted octanol–water partition coefficient (Wildman–Crippen LogP) is 3.39. The van der Waals surface area contributed by atoms with Crippen molar-refractivity contribution < 1.29 is 9.26 Å². The van der Waals surface area contributed by atoms with Crippen LogP contribution < -0.4 is 15.4 Å². The van der Waals surface area contributed by atoms with Gasteiger partial charge in [0.2, 0.25) is 0 Å². The Morgan fingerprint density at radius 3 is 2.39 bits per heavy atom. The number of hydrogen-bond donors (Lipinski definition) is 2. The minimum Gasteiger partial charge on any atom is -0.497 e. The summed E-state index contributed by atoms with van der Waals surface area (Å²) < 4.78 is 10.6. The highest BCUT2D eigenvalue weighted by atomic mass is 127. The molecule has 0 radical (unpaired) electrons. The maximum atomic E-state index is 5.36. The van der Waals surface area contributed by atoms with E-state index in [0.29, 0.717) is 19.0 Å². The molecule has 8 heteroatoms. The zero-order chi connectivity index (χ0) is 19.8. The molecular formula is C20H32IN5O2. The lowest BCUT2D eigenvalue weighted by molar-refractivity contribution is 0.297. The molecule has 2 rings (SSSR count). The van der Waals surface area contributed by atoms with Gasteiger partial charge in [0.05, 0.1) is 25.4 Å². The van der Waals surface area contributed by atoms with Gasteiger partial charge in [-0.2, -0.15) is 0 Å². The normalized spacial score (nSPS) is 12.6. The molecule has 0 saturated carbocycles. The molecule has 0 aliphatic carbocycles. The maximum absolute atomic E-state index is 5.36. The number of guanidine groups is 1. The summed E-state index contributed by atoms with van der Waals surface area (Å²) in [6, 6.07) is 10.3. The molecule has 0 aliphatic rings. The van der Waals surface area contributed by atoms with Crippen molar-refractivity contribution in [3.63, 3.8) is 0 Å². The molecular weight excluding hydrogens is 469 g/mol. The van der Waals surface area contributed by atoms with Crippen molar-refractivity contribution in [1.82, 2.24) is 20.7 Å². The number of hydrogen-bond acceptors (Lipinski definition) is 5. The van der Waals surface area contributed by atoms with E-state index in [4.69, 9.17) is 9.26 Å². The number of benzene rings is 1. The number of likely N-dealkylation sites (N-methyl/N-ethyl adjacent to an activating group) is 1. The van der Waals surface area contributed by atoms with Gasteiger partial charge in [0, 0.05) is 19.7 Å². The zero-order valence-corrected chi connectivity index (χ0v) is 19.9. The summed E-state index contributed by atoms with van der Waals surface area (Å²) in [6.45, 7) is 5.44. The Morgan fingerprint density at radius 2 is 1.89 bits per heavy atom. The summed E-state index contributed by atoms with van der Waals surface area (Å²) in [5, 5.41) is 10.7. The maximum Gasteiger partial charge on any atom is 0.191 e. The zero-order valence-electron chi connectivity index (χ0n) is 17.5. The van der Waals surface area contributed by atoms with E-state index >= 15 is 0 Å². The highest BCUT2D eigenvalue weighted by Gasteiger charge is 2.15. The largest absolute Gasteiger partial charge is 0.497 e. The minimum atomic E-state index is 0. The average Bonchev–Trinajstić information content (AvgIpc) is 3.14. The summed E-state index contributed by atoms with van der Waals surface area (Å²) in [5.74, 6) is 2.72. The number of nitrogens with zero attached hydrogens (tertiary/aromatic N) is 3. The summed E-state index contributed by atoms with van der Waals surface area (Å²) in [7, 11) is 7.56. The second kappa shape index (κ2) is 11.9. The van der Waals surface area contributed by atoms with Crippen LogP contribution in [0, 0.1) is 0 Å².